The zero-order valence-corrected chi connectivity index (χ0v) is 22.1. The van der Waals surface area contributed by atoms with Crippen molar-refractivity contribution in [3.63, 3.8) is 0 Å². The smallest absolute Gasteiger partial charge is 0.494 e. The highest BCUT2D eigenvalue weighted by atomic mass is 127. The lowest BCUT2D eigenvalue weighted by Gasteiger charge is -2.17. The third-order valence-electron chi connectivity index (χ3n) is 4.96. The summed E-state index contributed by atoms with van der Waals surface area (Å²) in [6, 6.07) is 13.0. The number of aromatic nitrogens is 2. The Bertz CT molecular complexity index is 1320. The molecule has 0 saturated carbocycles. The van der Waals surface area contributed by atoms with Crippen molar-refractivity contribution < 1.29 is 27.8 Å². The quantitative estimate of drug-likeness (QED) is 0.0958. The van der Waals surface area contributed by atoms with E-state index in [1.807, 2.05) is 19.9 Å². The first-order valence-corrected chi connectivity index (χ1v) is 12.2. The first-order chi connectivity index (χ1) is 16.9. The van der Waals surface area contributed by atoms with E-state index in [2.05, 4.69) is 9.72 Å². The van der Waals surface area contributed by atoms with Gasteiger partial charge >= 0.3 is 6.36 Å². The van der Waals surface area contributed by atoms with E-state index in [-0.39, 0.29) is 23.1 Å². The Morgan fingerprint density at radius 2 is 1.94 bits per heavy atom. The lowest BCUT2D eigenvalue weighted by atomic mass is 9.99. The number of benzene rings is 1. The highest BCUT2D eigenvalue weighted by Gasteiger charge is 2.31. The maximum Gasteiger partial charge on any atom is 0.573 e. The van der Waals surface area contributed by atoms with Crippen LogP contribution in [0.3, 0.4) is 0 Å². The normalized spacial score (nSPS) is 13.9. The fourth-order valence-corrected chi connectivity index (χ4v) is 4.14. The van der Waals surface area contributed by atoms with E-state index in [0.29, 0.717) is 17.1 Å². The largest absolute Gasteiger partial charge is 0.573 e. The Kier molecular flexibility index (Phi) is 9.18. The molecule has 1 unspecified atom stereocenters. The molecule has 0 bridgehead atoms. The Morgan fingerprint density at radius 3 is 2.56 bits per heavy atom. The Labute approximate surface area is 224 Å². The van der Waals surface area contributed by atoms with Gasteiger partial charge in [0.15, 0.2) is 0 Å². The fraction of sp³-hybridized carbons (Fsp3) is 0.240. The number of nitrogens with zero attached hydrogens (tertiary/aromatic N) is 3. The molecule has 1 N–H and O–H groups in total. The van der Waals surface area contributed by atoms with Crippen molar-refractivity contribution in [2.45, 2.75) is 32.7 Å². The van der Waals surface area contributed by atoms with Crippen molar-refractivity contribution in [1.82, 2.24) is 9.55 Å². The summed E-state index contributed by atoms with van der Waals surface area (Å²) < 4.78 is 42.8. The summed E-state index contributed by atoms with van der Waals surface area (Å²) in [5.74, 6) is -0.729. The van der Waals surface area contributed by atoms with Crippen molar-refractivity contribution in [2.24, 2.45) is 10.9 Å². The maximum absolute atomic E-state index is 12.7. The van der Waals surface area contributed by atoms with Gasteiger partial charge in [0.2, 0.25) is 9.67 Å². The summed E-state index contributed by atoms with van der Waals surface area (Å²) in [5.41, 5.74) is 0.989. The number of aliphatic hydroxyl groups excluding tert-OH is 1. The number of aliphatic hydroxyl groups is 1. The molecule has 3 aromatic rings. The molecule has 0 saturated heterocycles. The number of allylic oxidation sites excluding steroid dienone is 1. The second-order valence-electron chi connectivity index (χ2n) is 8.17. The van der Waals surface area contributed by atoms with Gasteiger partial charge in [-0.3, -0.25) is 14.4 Å². The van der Waals surface area contributed by atoms with Crippen LogP contribution in [0.1, 0.15) is 37.4 Å². The second-order valence-corrected chi connectivity index (χ2v) is 9.53. The summed E-state index contributed by atoms with van der Waals surface area (Å²) in [6.45, 7) is 4.09. The summed E-state index contributed by atoms with van der Waals surface area (Å²) in [6.07, 6.45) is -1.09. The lowest BCUT2D eigenvalue weighted by molar-refractivity contribution is -0.274. The molecule has 0 aliphatic carbocycles. The van der Waals surface area contributed by atoms with Crippen LogP contribution in [0.15, 0.2) is 72.0 Å². The monoisotopic (exact) mass is 631 g/mol. The number of hydrogen-bond donors (Lipinski definition) is 1. The van der Waals surface area contributed by atoms with E-state index >= 15 is 0 Å². The van der Waals surface area contributed by atoms with Crippen LogP contribution in [0.25, 0.3) is 11.5 Å². The third-order valence-corrected chi connectivity index (χ3v) is 5.72. The molecule has 0 spiro atoms. The minimum atomic E-state index is -4.90. The number of alkyl halides is 3. The summed E-state index contributed by atoms with van der Waals surface area (Å²) in [7, 11) is 0. The predicted octanol–water partition coefficient (Wildman–Crippen LogP) is 6.97. The van der Waals surface area contributed by atoms with Gasteiger partial charge in [0, 0.05) is 35.0 Å². The predicted molar refractivity (Wildman–Crippen MR) is 139 cm³/mol. The van der Waals surface area contributed by atoms with Crippen LogP contribution in [0.5, 0.6) is 5.75 Å². The standard InChI is InChI=1S/C25H22ClF3IN3O3/c1-15(2)12-19(17-9-10-20(26)31-14-17)32-21-8-3-4-11-33(21)24(35)22(23(30)34)16-6-5-7-18(13-16)36-25(27,28)29/h3-11,13-15,19,35H,12H2,1-2H3. The van der Waals surface area contributed by atoms with Crippen molar-refractivity contribution in [2.75, 3.05) is 0 Å². The molecular weight excluding hydrogens is 610 g/mol. The van der Waals surface area contributed by atoms with Gasteiger partial charge in [-0.25, -0.2) is 4.98 Å². The summed E-state index contributed by atoms with van der Waals surface area (Å²) in [4.78, 5) is 21.5. The van der Waals surface area contributed by atoms with Gasteiger partial charge in [-0.2, -0.15) is 0 Å². The van der Waals surface area contributed by atoms with Gasteiger partial charge in [0.1, 0.15) is 16.4 Å². The van der Waals surface area contributed by atoms with Crippen LogP contribution in [-0.2, 0) is 4.79 Å². The highest BCUT2D eigenvalue weighted by molar-refractivity contribution is 14.1. The van der Waals surface area contributed by atoms with E-state index in [0.717, 1.165) is 17.7 Å². The molecule has 0 fully saturated rings. The molecule has 1 aromatic carbocycles. The number of pyridine rings is 2. The van der Waals surface area contributed by atoms with Crippen LogP contribution in [-0.4, -0.2) is 24.8 Å². The summed E-state index contributed by atoms with van der Waals surface area (Å²) in [5, 5.41) is 11.5. The number of carbonyl (C=O) groups excluding carboxylic acids is 1. The number of carbonyl (C=O) groups is 1. The zero-order chi connectivity index (χ0) is 26.5. The first-order valence-electron chi connectivity index (χ1n) is 10.8. The van der Waals surface area contributed by atoms with Gasteiger partial charge in [0.05, 0.1) is 11.6 Å². The van der Waals surface area contributed by atoms with Gasteiger partial charge in [-0.05, 0) is 53.8 Å². The van der Waals surface area contributed by atoms with Gasteiger partial charge in [-0.1, -0.05) is 49.7 Å². The van der Waals surface area contributed by atoms with E-state index < -0.39 is 21.8 Å². The molecule has 36 heavy (non-hydrogen) atoms. The molecule has 2 aromatic heterocycles. The van der Waals surface area contributed by atoms with Crippen molar-refractivity contribution in [1.29, 1.82) is 0 Å². The lowest BCUT2D eigenvalue weighted by Crippen LogP contribution is -2.22. The minimum Gasteiger partial charge on any atom is -0.494 e. The number of hydrogen-bond acceptors (Lipinski definition) is 5. The van der Waals surface area contributed by atoms with E-state index in [1.165, 1.54) is 45.5 Å². The van der Waals surface area contributed by atoms with Crippen LogP contribution in [0, 0.1) is 5.92 Å². The van der Waals surface area contributed by atoms with E-state index in [1.54, 1.807) is 30.5 Å². The van der Waals surface area contributed by atoms with E-state index in [9.17, 15) is 23.1 Å². The van der Waals surface area contributed by atoms with Crippen molar-refractivity contribution >= 4 is 49.4 Å². The molecular formula is C25H22ClF3IN3O3. The van der Waals surface area contributed by atoms with Gasteiger partial charge in [-0.15, -0.1) is 13.2 Å². The van der Waals surface area contributed by atoms with Crippen LogP contribution in [0.2, 0.25) is 5.15 Å². The van der Waals surface area contributed by atoms with Gasteiger partial charge < -0.3 is 9.84 Å². The van der Waals surface area contributed by atoms with Crippen LogP contribution in [0.4, 0.5) is 13.2 Å². The molecule has 11 heteroatoms. The zero-order valence-electron chi connectivity index (χ0n) is 19.2. The average molecular weight is 632 g/mol. The van der Waals surface area contributed by atoms with Gasteiger partial charge in [0.25, 0.3) is 0 Å². The molecule has 1 atom stereocenters. The van der Waals surface area contributed by atoms with Crippen LogP contribution >= 0.6 is 34.2 Å². The topological polar surface area (TPSA) is 76.7 Å². The average Bonchev–Trinajstić information content (AvgIpc) is 2.78. The Hall–Kier alpha value is -2.86. The molecule has 190 valence electrons. The molecule has 3 rings (SSSR count). The molecule has 0 amide bonds. The Balaban J connectivity index is 2.16. The maximum atomic E-state index is 12.7. The third kappa shape index (κ3) is 7.57. The van der Waals surface area contributed by atoms with E-state index in [4.69, 9.17) is 16.6 Å². The SMILES string of the molecule is CC(C)CC(N=c1ccccn1C(O)=C(C(=O)I)c1cccc(OC(F)(F)F)c1)c1ccc(Cl)nc1. The molecule has 0 aliphatic heterocycles. The number of ether oxygens (including phenoxy) is 1. The molecule has 0 aliphatic rings. The Morgan fingerprint density at radius 1 is 1.19 bits per heavy atom. The highest BCUT2D eigenvalue weighted by Crippen LogP contribution is 2.30. The molecule has 6 nitrogen and oxygen atoms in total. The second kappa shape index (κ2) is 11.9. The summed E-state index contributed by atoms with van der Waals surface area (Å²) >= 11 is 7.40. The number of rotatable bonds is 8. The van der Waals surface area contributed by atoms with Crippen molar-refractivity contribution in [3.8, 4) is 5.75 Å². The molecule has 0 radical (unpaired) electrons. The minimum absolute atomic E-state index is 0.0524. The van der Waals surface area contributed by atoms with Crippen LogP contribution < -0.4 is 10.2 Å². The van der Waals surface area contributed by atoms with Crippen molar-refractivity contribution in [3.05, 3.63) is 88.8 Å². The fourth-order valence-electron chi connectivity index (χ4n) is 3.47. The first kappa shape index (κ1) is 27.7. The molecule has 2 heterocycles. The number of halogens is 5.